The van der Waals surface area contributed by atoms with Gasteiger partial charge in [-0.3, -0.25) is 5.41 Å². The lowest BCUT2D eigenvalue weighted by molar-refractivity contribution is 0.0850. The zero-order valence-corrected chi connectivity index (χ0v) is 2.97. The van der Waals surface area contributed by atoms with Crippen LogP contribution < -0.4 is 5.73 Å². The summed E-state index contributed by atoms with van der Waals surface area (Å²) in [5.74, 6) is -0.0741. The zero-order chi connectivity index (χ0) is 4.57. The van der Waals surface area contributed by atoms with Gasteiger partial charge >= 0.3 is 0 Å². The van der Waals surface area contributed by atoms with Crippen molar-refractivity contribution in [2.75, 3.05) is 0 Å². The van der Waals surface area contributed by atoms with Crippen LogP contribution in [0.25, 0.3) is 0 Å². The molecule has 0 radical (unpaired) electrons. The lowest BCUT2D eigenvalue weighted by Gasteiger charge is -1.74. The molecule has 3 N–H and O–H groups in total. The van der Waals surface area contributed by atoms with Crippen molar-refractivity contribution in [2.24, 2.45) is 5.73 Å². The SMILES string of the molecule is N=C(N)C1OO1. The van der Waals surface area contributed by atoms with Crippen LogP contribution in [-0.4, -0.2) is 12.1 Å². The fraction of sp³-hybridized carbons (Fsp3) is 0.500. The lowest BCUT2D eigenvalue weighted by atomic mass is 10.6. The average molecular weight is 88.1 g/mol. The van der Waals surface area contributed by atoms with Gasteiger partial charge < -0.3 is 5.73 Å². The van der Waals surface area contributed by atoms with Crippen molar-refractivity contribution in [3.05, 3.63) is 0 Å². The van der Waals surface area contributed by atoms with Crippen LogP contribution in [0.15, 0.2) is 0 Å². The van der Waals surface area contributed by atoms with Crippen molar-refractivity contribution < 1.29 is 9.78 Å². The molecule has 0 aliphatic carbocycles. The standard InChI is InChI=1S/C2H4N2O2/c3-1(4)2-5-6-2/h2H,(H3,3,4). The summed E-state index contributed by atoms with van der Waals surface area (Å²) in [6.45, 7) is 0. The Hall–Kier alpha value is -0.610. The molecule has 4 nitrogen and oxygen atoms in total. The van der Waals surface area contributed by atoms with E-state index in [9.17, 15) is 0 Å². The zero-order valence-electron chi connectivity index (χ0n) is 2.97. The predicted molar refractivity (Wildman–Crippen MR) is 17.9 cm³/mol. The molecular weight excluding hydrogens is 84.0 g/mol. The minimum atomic E-state index is -0.537. The fourth-order valence-electron chi connectivity index (χ4n) is 0.131. The van der Waals surface area contributed by atoms with Crippen LogP contribution in [0.5, 0.6) is 0 Å². The molecule has 34 valence electrons. The summed E-state index contributed by atoms with van der Waals surface area (Å²) in [6.07, 6.45) is -0.537. The number of hydrogen-bond acceptors (Lipinski definition) is 3. The van der Waals surface area contributed by atoms with Gasteiger partial charge in [0.2, 0.25) is 0 Å². The van der Waals surface area contributed by atoms with Gasteiger partial charge in [0.15, 0.2) is 5.84 Å². The third kappa shape index (κ3) is 0.474. The van der Waals surface area contributed by atoms with Crippen molar-refractivity contribution in [2.45, 2.75) is 6.29 Å². The fourth-order valence-corrected chi connectivity index (χ4v) is 0.131. The molecule has 1 rings (SSSR count). The monoisotopic (exact) mass is 88.0 g/mol. The molecule has 0 unspecified atom stereocenters. The molecule has 4 heteroatoms. The summed E-state index contributed by atoms with van der Waals surface area (Å²) in [4.78, 5) is 8.24. The molecule has 0 amide bonds. The van der Waals surface area contributed by atoms with E-state index in [1.807, 2.05) is 0 Å². The van der Waals surface area contributed by atoms with Gasteiger partial charge in [0.05, 0.1) is 0 Å². The molecular formula is C2H4N2O2. The maximum atomic E-state index is 6.54. The first-order chi connectivity index (χ1) is 2.80. The van der Waals surface area contributed by atoms with E-state index in [0.717, 1.165) is 0 Å². The molecule has 0 bridgehead atoms. The van der Waals surface area contributed by atoms with E-state index < -0.39 is 6.29 Å². The highest BCUT2D eigenvalue weighted by Gasteiger charge is 2.28. The third-order valence-electron chi connectivity index (χ3n) is 0.446. The normalized spacial score (nSPS) is 20.7. The second kappa shape index (κ2) is 0.924. The van der Waals surface area contributed by atoms with Crippen LogP contribution in [0, 0.1) is 5.41 Å². The maximum absolute atomic E-state index is 6.54. The molecule has 0 aromatic heterocycles. The van der Waals surface area contributed by atoms with Gasteiger partial charge in [-0.1, -0.05) is 0 Å². The van der Waals surface area contributed by atoms with Crippen LogP contribution in [-0.2, 0) is 9.78 Å². The average Bonchev–Trinajstić information content (AvgIpc) is 2.06. The Kier molecular flexibility index (Phi) is 0.551. The second-order valence-corrected chi connectivity index (χ2v) is 0.980. The Morgan fingerprint density at radius 1 is 1.67 bits per heavy atom. The molecule has 0 saturated carbocycles. The maximum Gasteiger partial charge on any atom is 0.280 e. The first-order valence-electron chi connectivity index (χ1n) is 1.47. The Morgan fingerprint density at radius 3 is 2.17 bits per heavy atom. The highest BCUT2D eigenvalue weighted by atomic mass is 17.4. The lowest BCUT2D eigenvalue weighted by Crippen LogP contribution is -2.15. The number of nitrogens with one attached hydrogen (secondary N) is 1. The highest BCUT2D eigenvalue weighted by Crippen LogP contribution is 2.09. The van der Waals surface area contributed by atoms with E-state index in [2.05, 4.69) is 9.78 Å². The molecule has 0 aromatic rings. The Bertz CT molecular complexity index is 77.6. The molecule has 0 aromatic carbocycles. The van der Waals surface area contributed by atoms with E-state index in [4.69, 9.17) is 11.1 Å². The van der Waals surface area contributed by atoms with E-state index in [1.54, 1.807) is 0 Å². The van der Waals surface area contributed by atoms with E-state index in [0.29, 0.717) is 0 Å². The highest BCUT2D eigenvalue weighted by molar-refractivity contribution is 5.81. The summed E-state index contributed by atoms with van der Waals surface area (Å²) in [7, 11) is 0. The van der Waals surface area contributed by atoms with Gasteiger partial charge in [0.1, 0.15) is 0 Å². The van der Waals surface area contributed by atoms with Crippen LogP contribution in [0.3, 0.4) is 0 Å². The summed E-state index contributed by atoms with van der Waals surface area (Å²) in [5, 5.41) is 6.54. The van der Waals surface area contributed by atoms with Gasteiger partial charge in [0, 0.05) is 0 Å². The topological polar surface area (TPSA) is 74.9 Å². The van der Waals surface area contributed by atoms with E-state index in [1.165, 1.54) is 0 Å². The predicted octanol–water partition coefficient (Wildman–Crippen LogP) is -0.790. The van der Waals surface area contributed by atoms with Crippen LogP contribution in [0.1, 0.15) is 0 Å². The third-order valence-corrected chi connectivity index (χ3v) is 0.446. The number of hydrogen-bond donors (Lipinski definition) is 2. The van der Waals surface area contributed by atoms with Gasteiger partial charge in [0.25, 0.3) is 6.29 Å². The van der Waals surface area contributed by atoms with Gasteiger partial charge in [-0.15, -0.1) is 0 Å². The molecule has 6 heavy (non-hydrogen) atoms. The molecule has 1 aliphatic heterocycles. The van der Waals surface area contributed by atoms with E-state index in [-0.39, 0.29) is 5.84 Å². The molecule has 0 spiro atoms. The first kappa shape index (κ1) is 3.58. The van der Waals surface area contributed by atoms with E-state index >= 15 is 0 Å². The van der Waals surface area contributed by atoms with Crippen molar-refractivity contribution in [1.82, 2.24) is 0 Å². The summed E-state index contributed by atoms with van der Waals surface area (Å²) in [5.41, 5.74) is 4.83. The minimum absolute atomic E-state index is 0.0741. The summed E-state index contributed by atoms with van der Waals surface area (Å²) >= 11 is 0. The molecule has 1 fully saturated rings. The first-order valence-corrected chi connectivity index (χ1v) is 1.47. The molecule has 1 saturated heterocycles. The quantitative estimate of drug-likeness (QED) is 0.191. The van der Waals surface area contributed by atoms with Crippen molar-refractivity contribution >= 4 is 5.84 Å². The number of amidine groups is 1. The Balaban J connectivity index is 2.31. The Labute approximate surface area is 34.3 Å². The van der Waals surface area contributed by atoms with Crippen molar-refractivity contribution in [3.8, 4) is 0 Å². The van der Waals surface area contributed by atoms with Crippen LogP contribution >= 0.6 is 0 Å². The molecule has 1 aliphatic rings. The smallest absolute Gasteiger partial charge is 0.280 e. The minimum Gasteiger partial charge on any atom is -0.383 e. The second-order valence-electron chi connectivity index (χ2n) is 0.980. The summed E-state index contributed by atoms with van der Waals surface area (Å²) in [6, 6.07) is 0. The largest absolute Gasteiger partial charge is 0.383 e. The van der Waals surface area contributed by atoms with Crippen molar-refractivity contribution in [3.63, 3.8) is 0 Å². The number of rotatable bonds is 1. The summed E-state index contributed by atoms with van der Waals surface area (Å²) < 4.78 is 0. The van der Waals surface area contributed by atoms with Crippen molar-refractivity contribution in [1.29, 1.82) is 5.41 Å². The van der Waals surface area contributed by atoms with Gasteiger partial charge in [-0.05, 0) is 0 Å². The van der Waals surface area contributed by atoms with Gasteiger partial charge in [-0.25, -0.2) is 0 Å². The number of nitrogens with two attached hydrogens (primary N) is 1. The molecule has 1 heterocycles. The van der Waals surface area contributed by atoms with Gasteiger partial charge in [-0.2, -0.15) is 9.78 Å². The van der Waals surface area contributed by atoms with Crippen LogP contribution in [0.2, 0.25) is 0 Å². The Morgan fingerprint density at radius 2 is 2.17 bits per heavy atom. The molecule has 0 atom stereocenters. The van der Waals surface area contributed by atoms with Crippen LogP contribution in [0.4, 0.5) is 0 Å².